The number of nitrogens with zero attached hydrogens (tertiary/aromatic N) is 1. The van der Waals surface area contributed by atoms with Gasteiger partial charge in [0.05, 0.1) is 24.3 Å². The Morgan fingerprint density at radius 1 is 1.37 bits per heavy atom. The Morgan fingerprint density at radius 3 is 2.47 bits per heavy atom. The highest BCUT2D eigenvalue weighted by Gasteiger charge is 2.70. The number of amides is 2. The number of anilines is 1. The Bertz CT molecular complexity index is 597. The number of carbonyl (C=O) groups excluding carboxylic acids is 3. The normalized spacial score (nSPS) is 28.3. The van der Waals surface area contributed by atoms with Gasteiger partial charge in [-0.05, 0) is 30.7 Å². The minimum atomic E-state index is -0.532. The molecular weight excluding hydrogens is 361 g/mol. The maximum Gasteiger partial charge on any atom is 0.337 e. The number of rotatable bonds is 2. The number of hydrogen-bond acceptors (Lipinski definition) is 4. The first-order chi connectivity index (χ1) is 8.99. The van der Waals surface area contributed by atoms with Crippen molar-refractivity contribution in [3.05, 3.63) is 29.8 Å². The van der Waals surface area contributed by atoms with Gasteiger partial charge in [0.2, 0.25) is 5.91 Å². The van der Waals surface area contributed by atoms with E-state index in [0.717, 1.165) is 0 Å². The van der Waals surface area contributed by atoms with Crippen molar-refractivity contribution in [1.82, 2.24) is 0 Å². The number of ether oxygens (including phenoxy) is 1. The highest BCUT2D eigenvalue weighted by atomic mass is 127. The molecule has 2 unspecified atom stereocenters. The molecule has 2 atom stereocenters. The summed E-state index contributed by atoms with van der Waals surface area (Å²) >= 11 is 2.06. The lowest BCUT2D eigenvalue weighted by Crippen LogP contribution is -2.35. The molecule has 6 heteroatoms. The molecule has 1 aromatic rings. The van der Waals surface area contributed by atoms with Crippen LogP contribution in [-0.2, 0) is 14.3 Å². The number of benzene rings is 1. The number of carbonyl (C=O) groups is 3. The Balaban J connectivity index is 1.90. The third-order valence-electron chi connectivity index (χ3n) is 3.52. The Hall–Kier alpha value is -1.44. The predicted octanol–water partition coefficient (Wildman–Crippen LogP) is 1.54. The summed E-state index contributed by atoms with van der Waals surface area (Å²) in [5.74, 6) is -0.932. The van der Waals surface area contributed by atoms with Gasteiger partial charge in [0, 0.05) is 0 Å². The van der Waals surface area contributed by atoms with Crippen molar-refractivity contribution >= 4 is 46.1 Å². The molecule has 1 saturated carbocycles. The molecule has 0 spiro atoms. The molecule has 1 aliphatic heterocycles. The molecule has 2 amide bonds. The van der Waals surface area contributed by atoms with Gasteiger partial charge in [-0.2, -0.15) is 0 Å². The molecule has 1 aliphatic carbocycles. The smallest absolute Gasteiger partial charge is 0.337 e. The van der Waals surface area contributed by atoms with Crippen LogP contribution >= 0.6 is 22.6 Å². The minimum Gasteiger partial charge on any atom is -0.465 e. The van der Waals surface area contributed by atoms with E-state index in [1.54, 1.807) is 24.3 Å². The third-order valence-corrected chi connectivity index (χ3v) is 5.17. The zero-order valence-electron chi connectivity index (χ0n) is 10.1. The van der Waals surface area contributed by atoms with Crippen molar-refractivity contribution in [2.75, 3.05) is 12.0 Å². The number of imide groups is 1. The summed E-state index contributed by atoms with van der Waals surface area (Å²) in [7, 11) is 1.30. The van der Waals surface area contributed by atoms with Crippen LogP contribution in [0.4, 0.5) is 5.69 Å². The van der Waals surface area contributed by atoms with Gasteiger partial charge in [-0.1, -0.05) is 22.6 Å². The quantitative estimate of drug-likeness (QED) is 0.343. The molecule has 0 radical (unpaired) electrons. The molecule has 3 rings (SSSR count). The molecule has 2 aliphatic rings. The van der Waals surface area contributed by atoms with Crippen LogP contribution in [-0.4, -0.2) is 28.3 Å². The van der Waals surface area contributed by atoms with Crippen molar-refractivity contribution in [1.29, 1.82) is 0 Å². The van der Waals surface area contributed by atoms with Crippen molar-refractivity contribution < 1.29 is 19.1 Å². The van der Waals surface area contributed by atoms with Gasteiger partial charge in [-0.25, -0.2) is 9.69 Å². The van der Waals surface area contributed by atoms with Crippen molar-refractivity contribution in [3.63, 3.8) is 0 Å². The zero-order valence-corrected chi connectivity index (χ0v) is 12.2. The summed E-state index contributed by atoms with van der Waals surface area (Å²) in [5.41, 5.74) is 0.894. The molecule has 1 heterocycles. The maximum atomic E-state index is 12.2. The van der Waals surface area contributed by atoms with Gasteiger partial charge in [-0.15, -0.1) is 0 Å². The fourth-order valence-electron chi connectivity index (χ4n) is 2.31. The Morgan fingerprint density at radius 2 is 2.00 bits per heavy atom. The fourth-order valence-corrected chi connectivity index (χ4v) is 3.26. The van der Waals surface area contributed by atoms with E-state index >= 15 is 0 Å². The summed E-state index contributed by atoms with van der Waals surface area (Å²) in [5, 5.41) is 0. The predicted molar refractivity (Wildman–Crippen MR) is 75.1 cm³/mol. The molecule has 5 nitrogen and oxygen atoms in total. The van der Waals surface area contributed by atoms with E-state index < -0.39 is 9.39 Å². The van der Waals surface area contributed by atoms with Crippen LogP contribution in [0, 0.1) is 5.92 Å². The number of halogens is 1. The minimum absolute atomic E-state index is 0.148. The van der Waals surface area contributed by atoms with E-state index in [1.807, 2.05) is 0 Å². The fraction of sp³-hybridized carbons (Fsp3) is 0.308. The average Bonchev–Trinajstić information content (AvgIpc) is 3.07. The number of hydrogen-bond donors (Lipinski definition) is 0. The third kappa shape index (κ3) is 1.69. The summed E-state index contributed by atoms with van der Waals surface area (Å²) in [6, 6.07) is 6.27. The SMILES string of the molecule is COC(=O)c1ccc(N2C(=O)C3CC3(I)C2=O)cc1. The Kier molecular flexibility index (Phi) is 2.67. The van der Waals surface area contributed by atoms with Crippen LogP contribution in [0.2, 0.25) is 0 Å². The van der Waals surface area contributed by atoms with Crippen LogP contribution in [0.25, 0.3) is 0 Å². The molecular formula is C13H10INO4. The molecule has 98 valence electrons. The molecule has 0 bridgehead atoms. The van der Waals surface area contributed by atoms with Gasteiger partial charge in [-0.3, -0.25) is 9.59 Å². The topological polar surface area (TPSA) is 63.7 Å². The van der Waals surface area contributed by atoms with E-state index in [2.05, 4.69) is 27.3 Å². The van der Waals surface area contributed by atoms with Crippen molar-refractivity contribution in [3.8, 4) is 0 Å². The average molecular weight is 371 g/mol. The van der Waals surface area contributed by atoms with Crippen molar-refractivity contribution in [2.45, 2.75) is 9.84 Å². The second-order valence-corrected chi connectivity index (χ2v) is 6.56. The zero-order chi connectivity index (χ0) is 13.8. The van der Waals surface area contributed by atoms with E-state index in [4.69, 9.17) is 0 Å². The largest absolute Gasteiger partial charge is 0.465 e. The van der Waals surface area contributed by atoms with Crippen LogP contribution in [0.3, 0.4) is 0 Å². The van der Waals surface area contributed by atoms with Gasteiger partial charge in [0.15, 0.2) is 0 Å². The summed E-state index contributed by atoms with van der Waals surface area (Å²) in [6.45, 7) is 0. The maximum absolute atomic E-state index is 12.2. The van der Waals surface area contributed by atoms with Gasteiger partial charge < -0.3 is 4.74 Å². The number of methoxy groups -OCH3 is 1. The lowest BCUT2D eigenvalue weighted by molar-refractivity contribution is -0.123. The molecule has 0 N–H and O–H groups in total. The van der Waals surface area contributed by atoms with Crippen LogP contribution in [0.5, 0.6) is 0 Å². The molecule has 0 aromatic heterocycles. The Labute approximate surface area is 123 Å². The number of piperidine rings is 1. The summed E-state index contributed by atoms with van der Waals surface area (Å²) in [4.78, 5) is 36.7. The van der Waals surface area contributed by atoms with E-state index in [9.17, 15) is 14.4 Å². The summed E-state index contributed by atoms with van der Waals surface area (Å²) in [6.07, 6.45) is 0.641. The van der Waals surface area contributed by atoms with E-state index in [-0.39, 0.29) is 17.7 Å². The summed E-state index contributed by atoms with van der Waals surface area (Å²) < 4.78 is 4.06. The van der Waals surface area contributed by atoms with Crippen molar-refractivity contribution in [2.24, 2.45) is 5.92 Å². The van der Waals surface area contributed by atoms with Gasteiger partial charge >= 0.3 is 5.97 Å². The van der Waals surface area contributed by atoms with Crippen LogP contribution in [0.15, 0.2) is 24.3 Å². The highest BCUT2D eigenvalue weighted by Crippen LogP contribution is 2.58. The number of alkyl halides is 1. The molecule has 1 saturated heterocycles. The number of fused-ring (bicyclic) bond motifs is 1. The monoisotopic (exact) mass is 371 g/mol. The van der Waals surface area contributed by atoms with Gasteiger partial charge in [0.1, 0.15) is 3.42 Å². The lowest BCUT2D eigenvalue weighted by atomic mass is 10.2. The second-order valence-electron chi connectivity index (χ2n) is 4.64. The molecule has 2 fully saturated rings. The van der Waals surface area contributed by atoms with E-state index in [1.165, 1.54) is 12.0 Å². The van der Waals surface area contributed by atoms with E-state index in [0.29, 0.717) is 17.7 Å². The van der Waals surface area contributed by atoms with Crippen LogP contribution in [0.1, 0.15) is 16.8 Å². The van der Waals surface area contributed by atoms with Gasteiger partial charge in [0.25, 0.3) is 5.91 Å². The lowest BCUT2D eigenvalue weighted by Gasteiger charge is -2.17. The highest BCUT2D eigenvalue weighted by molar-refractivity contribution is 14.1. The molecule has 1 aromatic carbocycles. The second kappa shape index (κ2) is 4.03. The van der Waals surface area contributed by atoms with Crippen LogP contribution < -0.4 is 4.90 Å². The first-order valence-corrected chi connectivity index (χ1v) is 6.82. The molecule has 19 heavy (non-hydrogen) atoms. The first kappa shape index (κ1) is 12.6. The standard InChI is InChI=1S/C13H10INO4/c1-19-11(17)7-2-4-8(5-3-7)15-10(16)9-6-13(9,14)12(15)18/h2-5,9H,6H2,1H3. The first-order valence-electron chi connectivity index (χ1n) is 5.75. The number of esters is 1.